The zero-order valence-corrected chi connectivity index (χ0v) is 10.7. The molecule has 1 aromatic rings. The van der Waals surface area contributed by atoms with E-state index in [9.17, 15) is 14.2 Å². The molecule has 7 nitrogen and oxygen atoms in total. The van der Waals surface area contributed by atoms with Gasteiger partial charge < -0.3 is 9.79 Å². The third-order valence-electron chi connectivity index (χ3n) is 3.10. The Bertz CT molecular complexity index is 612. The van der Waals surface area contributed by atoms with Gasteiger partial charge >= 0.3 is 7.60 Å². The highest BCUT2D eigenvalue weighted by Crippen LogP contribution is 2.33. The summed E-state index contributed by atoms with van der Waals surface area (Å²) in [7, 11) is -4.18. The Kier molecular flexibility index (Phi) is 3.56. The van der Waals surface area contributed by atoms with Crippen LogP contribution < -0.4 is 11.1 Å². The predicted molar refractivity (Wildman–Crippen MR) is 64.9 cm³/mol. The number of aromatic nitrogens is 2. The van der Waals surface area contributed by atoms with Gasteiger partial charge in [-0.05, 0) is 25.7 Å². The molecule has 2 rings (SSSR count). The summed E-state index contributed by atoms with van der Waals surface area (Å²) in [5.74, 6) is 0. The first kappa shape index (κ1) is 13.3. The average molecular weight is 274 g/mol. The van der Waals surface area contributed by atoms with Crippen molar-refractivity contribution >= 4 is 7.60 Å². The fourth-order valence-corrected chi connectivity index (χ4v) is 2.64. The number of aryl methyl sites for hydroxylation is 1. The molecule has 0 spiro atoms. The van der Waals surface area contributed by atoms with Crippen LogP contribution in [0.25, 0.3) is 0 Å². The maximum atomic E-state index is 12.0. The maximum Gasteiger partial charge on any atom is 0.327 e. The lowest BCUT2D eigenvalue weighted by Gasteiger charge is -2.16. The van der Waals surface area contributed by atoms with Crippen molar-refractivity contribution < 1.29 is 14.4 Å². The summed E-state index contributed by atoms with van der Waals surface area (Å²) in [5.41, 5.74) is 0.363. The molecule has 0 aliphatic heterocycles. The molecule has 0 aromatic carbocycles. The van der Waals surface area contributed by atoms with Crippen molar-refractivity contribution in [2.45, 2.75) is 32.2 Å². The van der Waals surface area contributed by atoms with Crippen LogP contribution in [-0.4, -0.2) is 25.7 Å². The molecular formula is C10H15N2O5P. The molecule has 1 aromatic heterocycles. The quantitative estimate of drug-likeness (QED) is 0.649. The topological polar surface area (TPSA) is 112 Å². The molecule has 0 unspecified atom stereocenters. The fraction of sp³-hybridized carbons (Fsp3) is 0.600. The van der Waals surface area contributed by atoms with Crippen molar-refractivity contribution in [1.82, 2.24) is 9.78 Å². The van der Waals surface area contributed by atoms with Gasteiger partial charge in [0.2, 0.25) is 0 Å². The van der Waals surface area contributed by atoms with Crippen molar-refractivity contribution in [3.8, 4) is 0 Å². The van der Waals surface area contributed by atoms with E-state index in [1.54, 1.807) is 0 Å². The third kappa shape index (κ3) is 2.80. The molecule has 1 heterocycles. The lowest BCUT2D eigenvalue weighted by molar-refractivity contribution is 0.367. The van der Waals surface area contributed by atoms with E-state index < -0.39 is 13.8 Å². The van der Waals surface area contributed by atoms with Gasteiger partial charge in [0.05, 0.1) is 12.7 Å². The van der Waals surface area contributed by atoms with Crippen LogP contribution in [0, 0.1) is 0 Å². The highest BCUT2D eigenvalue weighted by molar-refractivity contribution is 7.51. The van der Waals surface area contributed by atoms with Crippen molar-refractivity contribution in [3.63, 3.8) is 0 Å². The molecular weight excluding hydrogens is 259 g/mol. The molecule has 1 aliphatic carbocycles. The normalized spacial score (nSPS) is 15.4. The van der Waals surface area contributed by atoms with Gasteiger partial charge in [-0.25, -0.2) is 4.68 Å². The first-order valence-corrected chi connectivity index (χ1v) is 7.58. The SMILES string of the molecule is O=c1[nH]n(CCP(=O)(O)O)c(=O)c2c1CCCC2. The molecule has 0 radical (unpaired) electrons. The highest BCUT2D eigenvalue weighted by Gasteiger charge is 2.19. The van der Waals surface area contributed by atoms with Crippen LogP contribution in [-0.2, 0) is 24.0 Å². The number of rotatable bonds is 3. The first-order chi connectivity index (χ1) is 8.38. The minimum Gasteiger partial charge on any atom is -0.324 e. The lowest BCUT2D eigenvalue weighted by Crippen LogP contribution is -2.37. The average Bonchev–Trinajstić information content (AvgIpc) is 2.31. The van der Waals surface area contributed by atoms with E-state index in [2.05, 4.69) is 5.10 Å². The molecule has 1 aliphatic rings. The smallest absolute Gasteiger partial charge is 0.324 e. The molecule has 0 saturated heterocycles. The van der Waals surface area contributed by atoms with Gasteiger partial charge in [0.25, 0.3) is 11.1 Å². The van der Waals surface area contributed by atoms with Gasteiger partial charge in [-0.1, -0.05) is 0 Å². The van der Waals surface area contributed by atoms with Crippen molar-refractivity contribution in [3.05, 3.63) is 31.8 Å². The second-order valence-corrected chi connectivity index (χ2v) is 6.23. The van der Waals surface area contributed by atoms with Gasteiger partial charge in [-0.3, -0.25) is 19.3 Å². The number of nitrogens with one attached hydrogen (secondary N) is 1. The molecule has 3 N–H and O–H groups in total. The standard InChI is InChI=1S/C10H15N2O5P/c13-9-7-3-1-2-4-8(7)10(14)12(11-9)5-6-18(15,16)17/h1-6H2,(H,11,13)(H2,15,16,17). The van der Waals surface area contributed by atoms with Crippen molar-refractivity contribution in [2.75, 3.05) is 6.16 Å². The Morgan fingerprint density at radius 1 is 1.17 bits per heavy atom. The summed E-state index contributed by atoms with van der Waals surface area (Å²) in [6.45, 7) is -0.175. The van der Waals surface area contributed by atoms with E-state index >= 15 is 0 Å². The van der Waals surface area contributed by atoms with Crippen LogP contribution in [0.1, 0.15) is 24.0 Å². The van der Waals surface area contributed by atoms with Gasteiger partial charge in [0.1, 0.15) is 0 Å². The summed E-state index contributed by atoms with van der Waals surface area (Å²) < 4.78 is 11.8. The Labute approximate surface area is 103 Å². The van der Waals surface area contributed by atoms with Crippen LogP contribution in [0.2, 0.25) is 0 Å². The van der Waals surface area contributed by atoms with Crippen LogP contribution in [0.5, 0.6) is 0 Å². The largest absolute Gasteiger partial charge is 0.327 e. The summed E-state index contributed by atoms with van der Waals surface area (Å²) in [4.78, 5) is 41.3. The number of aromatic amines is 1. The Hall–Kier alpha value is -1.17. The molecule has 18 heavy (non-hydrogen) atoms. The second-order valence-electron chi connectivity index (χ2n) is 4.45. The molecule has 0 bridgehead atoms. The Morgan fingerprint density at radius 2 is 1.78 bits per heavy atom. The number of hydrogen-bond donors (Lipinski definition) is 3. The van der Waals surface area contributed by atoms with Crippen LogP contribution in [0.15, 0.2) is 9.59 Å². The van der Waals surface area contributed by atoms with E-state index in [1.165, 1.54) is 0 Å². The van der Waals surface area contributed by atoms with Crippen LogP contribution in [0.4, 0.5) is 0 Å². The highest BCUT2D eigenvalue weighted by atomic mass is 31.2. The third-order valence-corrected chi connectivity index (χ3v) is 3.88. The molecule has 100 valence electrons. The lowest BCUT2D eigenvalue weighted by atomic mass is 9.94. The summed E-state index contributed by atoms with van der Waals surface area (Å²) in [5, 5.41) is 2.38. The summed E-state index contributed by atoms with van der Waals surface area (Å²) in [6, 6.07) is 0. The van der Waals surface area contributed by atoms with E-state index in [0.29, 0.717) is 24.0 Å². The van der Waals surface area contributed by atoms with Gasteiger partial charge in [-0.2, -0.15) is 0 Å². The second kappa shape index (κ2) is 4.84. The number of hydrogen-bond acceptors (Lipinski definition) is 3. The number of fused-ring (bicyclic) bond motifs is 1. The van der Waals surface area contributed by atoms with E-state index in [0.717, 1.165) is 17.5 Å². The summed E-state index contributed by atoms with van der Waals surface area (Å²) in [6.07, 6.45) is 2.46. The summed E-state index contributed by atoms with van der Waals surface area (Å²) >= 11 is 0. The molecule has 8 heteroatoms. The number of H-pyrrole nitrogens is 1. The van der Waals surface area contributed by atoms with Gasteiger partial charge in [0.15, 0.2) is 0 Å². The fourth-order valence-electron chi connectivity index (χ4n) is 2.18. The zero-order chi connectivity index (χ0) is 13.3. The predicted octanol–water partition coefficient (Wildman–Crippen LogP) is -0.407. The Balaban J connectivity index is 2.39. The maximum absolute atomic E-state index is 12.0. The molecule has 0 saturated carbocycles. The van der Waals surface area contributed by atoms with Gasteiger partial charge in [0, 0.05) is 11.1 Å². The van der Waals surface area contributed by atoms with Crippen molar-refractivity contribution in [2.24, 2.45) is 0 Å². The van der Waals surface area contributed by atoms with E-state index in [-0.39, 0.29) is 17.7 Å². The van der Waals surface area contributed by atoms with Crippen LogP contribution in [0.3, 0.4) is 0 Å². The van der Waals surface area contributed by atoms with Crippen molar-refractivity contribution in [1.29, 1.82) is 0 Å². The minimum atomic E-state index is -4.18. The molecule has 0 atom stereocenters. The van der Waals surface area contributed by atoms with E-state index in [4.69, 9.17) is 9.79 Å². The monoisotopic (exact) mass is 274 g/mol. The Morgan fingerprint density at radius 3 is 2.39 bits per heavy atom. The minimum absolute atomic E-state index is 0.175. The van der Waals surface area contributed by atoms with Gasteiger partial charge in [-0.15, -0.1) is 0 Å². The number of nitrogens with zero attached hydrogens (tertiary/aromatic N) is 1. The molecule has 0 amide bonds. The first-order valence-electron chi connectivity index (χ1n) is 5.78. The zero-order valence-electron chi connectivity index (χ0n) is 9.76. The van der Waals surface area contributed by atoms with Crippen LogP contribution >= 0.6 is 7.60 Å². The molecule has 0 fully saturated rings. The van der Waals surface area contributed by atoms with E-state index in [1.807, 2.05) is 0 Å².